The smallest absolute Gasteiger partial charge is 0.246 e. The minimum absolute atomic E-state index is 0. The Hall–Kier alpha value is -1.02. The molecule has 1 atom stereocenters. The van der Waals surface area contributed by atoms with Crippen molar-refractivity contribution in [1.29, 1.82) is 0 Å². The average Bonchev–Trinajstić information content (AvgIpc) is 2.46. The van der Waals surface area contributed by atoms with Gasteiger partial charge in [-0.1, -0.05) is 0 Å². The summed E-state index contributed by atoms with van der Waals surface area (Å²) in [6.07, 6.45) is 0. The van der Waals surface area contributed by atoms with E-state index in [-0.39, 0.29) is 23.3 Å². The third kappa shape index (κ3) is 3.79. The summed E-state index contributed by atoms with van der Waals surface area (Å²) in [5.41, 5.74) is 0. The first-order valence-electron chi connectivity index (χ1n) is 6.44. The van der Waals surface area contributed by atoms with Crippen molar-refractivity contribution >= 4 is 22.4 Å². The molecule has 120 valence electrons. The predicted octanol–water partition coefficient (Wildman–Crippen LogP) is 1.11. The molecule has 1 fully saturated rings. The number of halogens is 1. The van der Waals surface area contributed by atoms with E-state index >= 15 is 0 Å². The van der Waals surface area contributed by atoms with Gasteiger partial charge in [-0.3, -0.25) is 0 Å². The summed E-state index contributed by atoms with van der Waals surface area (Å²) in [7, 11) is -0.617. The molecule has 1 aromatic rings. The van der Waals surface area contributed by atoms with E-state index in [4.69, 9.17) is 9.47 Å². The lowest BCUT2D eigenvalue weighted by atomic mass is 10.3. The van der Waals surface area contributed by atoms with Gasteiger partial charge in [0.1, 0.15) is 16.4 Å². The number of benzene rings is 1. The molecule has 0 bridgehead atoms. The van der Waals surface area contributed by atoms with E-state index < -0.39 is 10.0 Å². The van der Waals surface area contributed by atoms with Crippen LogP contribution in [0, 0.1) is 0 Å². The molecule has 0 radical (unpaired) electrons. The minimum Gasteiger partial charge on any atom is -0.497 e. The van der Waals surface area contributed by atoms with Crippen molar-refractivity contribution in [2.45, 2.75) is 17.9 Å². The van der Waals surface area contributed by atoms with Gasteiger partial charge in [0.2, 0.25) is 10.0 Å². The molecule has 0 saturated carbocycles. The molecule has 21 heavy (non-hydrogen) atoms. The summed E-state index contributed by atoms with van der Waals surface area (Å²) in [6.45, 7) is 3.51. The number of ether oxygens (including phenoxy) is 2. The van der Waals surface area contributed by atoms with Gasteiger partial charge >= 0.3 is 0 Å². The molecule has 0 aromatic heterocycles. The van der Waals surface area contributed by atoms with Crippen molar-refractivity contribution < 1.29 is 17.9 Å². The first kappa shape index (κ1) is 18.0. The van der Waals surface area contributed by atoms with Gasteiger partial charge in [0, 0.05) is 31.7 Å². The monoisotopic (exact) mass is 336 g/mol. The first-order valence-corrected chi connectivity index (χ1v) is 7.88. The van der Waals surface area contributed by atoms with Crippen LogP contribution in [0.2, 0.25) is 0 Å². The molecule has 1 aliphatic heterocycles. The fourth-order valence-electron chi connectivity index (χ4n) is 2.24. The van der Waals surface area contributed by atoms with Gasteiger partial charge in [0.25, 0.3) is 0 Å². The Kier molecular flexibility index (Phi) is 6.27. The molecule has 0 unspecified atom stereocenters. The second-order valence-corrected chi connectivity index (χ2v) is 6.64. The third-order valence-corrected chi connectivity index (χ3v) is 5.21. The lowest BCUT2D eigenvalue weighted by Gasteiger charge is -2.31. The quantitative estimate of drug-likeness (QED) is 0.892. The molecular weight excluding hydrogens is 316 g/mol. The second-order valence-electron chi connectivity index (χ2n) is 4.74. The van der Waals surface area contributed by atoms with Crippen LogP contribution >= 0.6 is 12.4 Å². The van der Waals surface area contributed by atoms with Crippen LogP contribution in [0.15, 0.2) is 23.1 Å². The van der Waals surface area contributed by atoms with Crippen LogP contribution in [0.1, 0.15) is 6.92 Å². The molecule has 1 N–H and O–H groups in total. The van der Waals surface area contributed by atoms with Crippen LogP contribution in [-0.4, -0.2) is 52.6 Å². The van der Waals surface area contributed by atoms with Crippen LogP contribution in [0.4, 0.5) is 0 Å². The third-order valence-electron chi connectivity index (χ3n) is 3.32. The molecule has 1 heterocycles. The molecule has 1 saturated heterocycles. The molecule has 2 rings (SSSR count). The van der Waals surface area contributed by atoms with Gasteiger partial charge in [-0.15, -0.1) is 12.4 Å². The SMILES string of the molecule is COc1ccc(OC)c(S(=O)(=O)N2CCN[C@H](C)C2)c1.Cl. The summed E-state index contributed by atoms with van der Waals surface area (Å²) in [5.74, 6) is 0.824. The van der Waals surface area contributed by atoms with Crippen LogP contribution in [0.3, 0.4) is 0 Å². The van der Waals surface area contributed by atoms with Crippen molar-refractivity contribution in [2.75, 3.05) is 33.9 Å². The van der Waals surface area contributed by atoms with E-state index in [2.05, 4.69) is 5.32 Å². The highest BCUT2D eigenvalue weighted by atomic mass is 35.5. The number of methoxy groups -OCH3 is 2. The standard InChI is InChI=1S/C13H20N2O4S.ClH/c1-10-9-15(7-6-14-10)20(16,17)13-8-11(18-2)4-5-12(13)19-3;/h4-5,8,10,14H,6-7,9H2,1-3H3;1H/t10-;/m1./s1. The number of piperazine rings is 1. The van der Waals surface area contributed by atoms with Gasteiger partial charge in [-0.25, -0.2) is 8.42 Å². The van der Waals surface area contributed by atoms with Gasteiger partial charge in [-0.2, -0.15) is 4.31 Å². The Balaban J connectivity index is 0.00000220. The summed E-state index contributed by atoms with van der Waals surface area (Å²) in [6, 6.07) is 4.92. The van der Waals surface area contributed by atoms with E-state index in [0.717, 1.165) is 0 Å². The Morgan fingerprint density at radius 3 is 2.57 bits per heavy atom. The van der Waals surface area contributed by atoms with Gasteiger partial charge in [0.15, 0.2) is 0 Å². The molecule has 0 spiro atoms. The topological polar surface area (TPSA) is 67.9 Å². The lowest BCUT2D eigenvalue weighted by Crippen LogP contribution is -2.51. The Labute approximate surface area is 131 Å². The molecule has 6 nitrogen and oxygen atoms in total. The fourth-order valence-corrected chi connectivity index (χ4v) is 3.94. The molecular formula is C13H21ClN2O4S. The van der Waals surface area contributed by atoms with Crippen molar-refractivity contribution in [3.63, 3.8) is 0 Å². The van der Waals surface area contributed by atoms with Crippen molar-refractivity contribution in [3.8, 4) is 11.5 Å². The van der Waals surface area contributed by atoms with Crippen molar-refractivity contribution in [3.05, 3.63) is 18.2 Å². The highest BCUT2D eigenvalue weighted by Gasteiger charge is 2.31. The average molecular weight is 337 g/mol. The minimum atomic E-state index is -3.58. The Morgan fingerprint density at radius 2 is 2.00 bits per heavy atom. The van der Waals surface area contributed by atoms with E-state index in [9.17, 15) is 8.42 Å². The predicted molar refractivity (Wildman–Crippen MR) is 83.0 cm³/mol. The summed E-state index contributed by atoms with van der Waals surface area (Å²) in [5, 5.41) is 3.22. The normalized spacial score (nSPS) is 19.7. The van der Waals surface area contributed by atoms with Gasteiger partial charge in [0.05, 0.1) is 14.2 Å². The Morgan fingerprint density at radius 1 is 1.29 bits per heavy atom. The van der Waals surface area contributed by atoms with Crippen LogP contribution in [-0.2, 0) is 10.0 Å². The van der Waals surface area contributed by atoms with E-state index in [1.54, 1.807) is 12.1 Å². The van der Waals surface area contributed by atoms with Gasteiger partial charge < -0.3 is 14.8 Å². The van der Waals surface area contributed by atoms with Crippen LogP contribution < -0.4 is 14.8 Å². The Bertz CT molecular complexity index is 580. The summed E-state index contributed by atoms with van der Waals surface area (Å²) < 4.78 is 37.2. The number of hydrogen-bond donors (Lipinski definition) is 1. The fraction of sp³-hybridized carbons (Fsp3) is 0.538. The van der Waals surface area contributed by atoms with E-state index in [1.807, 2.05) is 6.92 Å². The summed E-state index contributed by atoms with van der Waals surface area (Å²) >= 11 is 0. The van der Waals surface area contributed by atoms with E-state index in [1.165, 1.54) is 24.6 Å². The van der Waals surface area contributed by atoms with Crippen LogP contribution in [0.5, 0.6) is 11.5 Å². The maximum atomic E-state index is 12.7. The van der Waals surface area contributed by atoms with Crippen molar-refractivity contribution in [1.82, 2.24) is 9.62 Å². The lowest BCUT2D eigenvalue weighted by molar-refractivity contribution is 0.308. The van der Waals surface area contributed by atoms with Crippen molar-refractivity contribution in [2.24, 2.45) is 0 Å². The zero-order valence-electron chi connectivity index (χ0n) is 12.3. The largest absolute Gasteiger partial charge is 0.497 e. The summed E-state index contributed by atoms with van der Waals surface area (Å²) in [4.78, 5) is 0.147. The van der Waals surface area contributed by atoms with Crippen LogP contribution in [0.25, 0.3) is 0 Å². The molecule has 0 amide bonds. The number of hydrogen-bond acceptors (Lipinski definition) is 5. The number of nitrogens with zero attached hydrogens (tertiary/aromatic N) is 1. The zero-order valence-corrected chi connectivity index (χ0v) is 14.0. The van der Waals surface area contributed by atoms with Gasteiger partial charge in [-0.05, 0) is 19.1 Å². The number of sulfonamides is 1. The van der Waals surface area contributed by atoms with E-state index in [0.29, 0.717) is 31.1 Å². The second kappa shape index (κ2) is 7.31. The molecule has 0 aliphatic carbocycles. The highest BCUT2D eigenvalue weighted by Crippen LogP contribution is 2.30. The molecule has 1 aliphatic rings. The zero-order chi connectivity index (χ0) is 14.8. The maximum absolute atomic E-state index is 12.7. The molecule has 8 heteroatoms. The first-order chi connectivity index (χ1) is 9.48. The highest BCUT2D eigenvalue weighted by molar-refractivity contribution is 7.89. The number of nitrogens with one attached hydrogen (secondary N) is 1. The molecule has 1 aromatic carbocycles. The number of rotatable bonds is 4. The maximum Gasteiger partial charge on any atom is 0.246 e.